The van der Waals surface area contributed by atoms with E-state index in [1.54, 1.807) is 0 Å². The van der Waals surface area contributed by atoms with E-state index < -0.39 is 0 Å². The van der Waals surface area contributed by atoms with Crippen molar-refractivity contribution in [3.8, 4) is 56.7 Å². The van der Waals surface area contributed by atoms with Gasteiger partial charge >= 0.3 is 0 Å². The molecular formula is C55H35N5. The third-order valence-electron chi connectivity index (χ3n) is 11.7. The molecule has 3 aromatic heterocycles. The molecule has 0 aliphatic heterocycles. The van der Waals surface area contributed by atoms with Crippen LogP contribution in [0.1, 0.15) is 0 Å². The van der Waals surface area contributed by atoms with Crippen LogP contribution in [0, 0.1) is 0 Å². The zero-order valence-corrected chi connectivity index (χ0v) is 32.4. The molecule has 0 aliphatic carbocycles. The predicted molar refractivity (Wildman–Crippen MR) is 248 cm³/mol. The molecular weight excluding hydrogens is 731 g/mol. The quantitative estimate of drug-likeness (QED) is 0.169. The first-order chi connectivity index (χ1) is 29.8. The summed E-state index contributed by atoms with van der Waals surface area (Å²) in [5.41, 5.74) is 12.0. The second-order valence-corrected chi connectivity index (χ2v) is 15.2. The molecule has 0 saturated heterocycles. The number of nitrogens with zero attached hydrogens (tertiary/aromatic N) is 5. The SMILES string of the molecule is c1ccc(-c2nc(-c3ccccc3)nc(-c3ccc(-n4c5cc6c(cc5c5c(-c7ccccc7)cccc54)c4c5ccccc5ccc4n6-c4ccccc4)cc3)n2)cc1. The summed E-state index contributed by atoms with van der Waals surface area (Å²) in [5.74, 6) is 1.92. The lowest BCUT2D eigenvalue weighted by molar-refractivity contribution is 1.07. The first-order valence-electron chi connectivity index (χ1n) is 20.3. The maximum atomic E-state index is 5.02. The van der Waals surface area contributed by atoms with E-state index in [-0.39, 0.29) is 0 Å². The van der Waals surface area contributed by atoms with Crippen LogP contribution in [-0.4, -0.2) is 24.1 Å². The van der Waals surface area contributed by atoms with Gasteiger partial charge in [0.2, 0.25) is 0 Å². The van der Waals surface area contributed by atoms with E-state index in [1.165, 1.54) is 49.0 Å². The van der Waals surface area contributed by atoms with E-state index in [0.29, 0.717) is 17.5 Å². The molecule has 0 amide bonds. The van der Waals surface area contributed by atoms with Crippen LogP contribution in [0.15, 0.2) is 212 Å². The van der Waals surface area contributed by atoms with Crippen molar-refractivity contribution >= 4 is 54.4 Å². The van der Waals surface area contributed by atoms with Crippen molar-refractivity contribution in [2.45, 2.75) is 0 Å². The van der Waals surface area contributed by atoms with Gasteiger partial charge in [0, 0.05) is 49.6 Å². The van der Waals surface area contributed by atoms with Crippen LogP contribution in [0.4, 0.5) is 0 Å². The average Bonchev–Trinajstić information content (AvgIpc) is 3.84. The van der Waals surface area contributed by atoms with Crippen LogP contribution < -0.4 is 0 Å². The molecule has 3 heterocycles. The molecule has 12 rings (SSSR count). The van der Waals surface area contributed by atoms with Crippen molar-refractivity contribution in [2.24, 2.45) is 0 Å². The van der Waals surface area contributed by atoms with Gasteiger partial charge in [0.1, 0.15) is 0 Å². The van der Waals surface area contributed by atoms with Crippen LogP contribution in [0.3, 0.4) is 0 Å². The van der Waals surface area contributed by atoms with Crippen molar-refractivity contribution in [3.05, 3.63) is 212 Å². The van der Waals surface area contributed by atoms with Crippen LogP contribution >= 0.6 is 0 Å². The largest absolute Gasteiger partial charge is 0.309 e. The molecule has 0 N–H and O–H groups in total. The zero-order valence-electron chi connectivity index (χ0n) is 32.4. The summed E-state index contributed by atoms with van der Waals surface area (Å²) >= 11 is 0. The monoisotopic (exact) mass is 765 g/mol. The van der Waals surface area contributed by atoms with Crippen LogP contribution in [0.25, 0.3) is 111 Å². The molecule has 0 atom stereocenters. The van der Waals surface area contributed by atoms with Gasteiger partial charge in [-0.15, -0.1) is 0 Å². The Bertz CT molecular complexity index is 3500. The second-order valence-electron chi connectivity index (χ2n) is 15.2. The molecule has 0 radical (unpaired) electrons. The number of hydrogen-bond acceptors (Lipinski definition) is 3. The topological polar surface area (TPSA) is 48.5 Å². The lowest BCUT2D eigenvalue weighted by Gasteiger charge is -2.12. The minimum atomic E-state index is 0.629. The molecule has 5 nitrogen and oxygen atoms in total. The highest BCUT2D eigenvalue weighted by molar-refractivity contribution is 6.26. The molecule has 0 aliphatic rings. The van der Waals surface area contributed by atoms with Crippen molar-refractivity contribution in [1.29, 1.82) is 0 Å². The predicted octanol–water partition coefficient (Wildman–Crippen LogP) is 13.9. The van der Waals surface area contributed by atoms with Gasteiger partial charge in [-0.2, -0.15) is 0 Å². The van der Waals surface area contributed by atoms with Crippen molar-refractivity contribution < 1.29 is 0 Å². The van der Waals surface area contributed by atoms with Gasteiger partial charge in [-0.3, -0.25) is 0 Å². The molecule has 0 saturated carbocycles. The van der Waals surface area contributed by atoms with Crippen molar-refractivity contribution in [1.82, 2.24) is 24.1 Å². The highest BCUT2D eigenvalue weighted by atomic mass is 15.0. The van der Waals surface area contributed by atoms with Gasteiger partial charge in [-0.1, -0.05) is 152 Å². The summed E-state index contributed by atoms with van der Waals surface area (Å²) < 4.78 is 4.85. The normalized spacial score (nSPS) is 11.7. The van der Waals surface area contributed by atoms with Gasteiger partial charge in [-0.25, -0.2) is 15.0 Å². The maximum Gasteiger partial charge on any atom is 0.164 e. The number of fused-ring (bicyclic) bond motifs is 8. The minimum absolute atomic E-state index is 0.629. The van der Waals surface area contributed by atoms with Gasteiger partial charge in [-0.05, 0) is 82.6 Å². The summed E-state index contributed by atoms with van der Waals surface area (Å²) in [4.78, 5) is 15.0. The van der Waals surface area contributed by atoms with E-state index in [9.17, 15) is 0 Å². The van der Waals surface area contributed by atoms with Gasteiger partial charge < -0.3 is 9.13 Å². The summed E-state index contributed by atoms with van der Waals surface area (Å²) in [6, 6.07) is 75.2. The van der Waals surface area contributed by atoms with Gasteiger partial charge in [0.25, 0.3) is 0 Å². The number of para-hydroxylation sites is 1. The van der Waals surface area contributed by atoms with E-state index in [2.05, 4.69) is 161 Å². The lowest BCUT2D eigenvalue weighted by atomic mass is 9.98. The highest BCUT2D eigenvalue weighted by Gasteiger charge is 2.22. The molecule has 0 fully saturated rings. The number of benzene rings is 9. The third kappa shape index (κ3) is 5.44. The summed E-state index contributed by atoms with van der Waals surface area (Å²) in [6.07, 6.45) is 0. The van der Waals surface area contributed by atoms with Crippen molar-refractivity contribution in [3.63, 3.8) is 0 Å². The van der Waals surface area contributed by atoms with Gasteiger partial charge in [0.15, 0.2) is 17.5 Å². The Morgan fingerprint density at radius 2 is 0.767 bits per heavy atom. The summed E-state index contributed by atoms with van der Waals surface area (Å²) in [5, 5.41) is 7.41. The first kappa shape index (κ1) is 33.9. The molecule has 0 spiro atoms. The third-order valence-corrected chi connectivity index (χ3v) is 11.7. The Labute approximate surface area is 346 Å². The molecule has 280 valence electrons. The summed E-state index contributed by atoms with van der Waals surface area (Å²) in [6.45, 7) is 0. The Morgan fingerprint density at radius 1 is 0.283 bits per heavy atom. The van der Waals surface area contributed by atoms with Crippen LogP contribution in [-0.2, 0) is 0 Å². The zero-order chi connectivity index (χ0) is 39.6. The second kappa shape index (κ2) is 13.8. The Kier molecular flexibility index (Phi) is 7.78. The molecule has 5 heteroatoms. The number of aromatic nitrogens is 5. The fourth-order valence-electron chi connectivity index (χ4n) is 9.04. The van der Waals surface area contributed by atoms with Crippen LogP contribution in [0.2, 0.25) is 0 Å². The molecule has 9 aromatic carbocycles. The van der Waals surface area contributed by atoms with E-state index in [1.807, 2.05) is 60.7 Å². The fourth-order valence-corrected chi connectivity index (χ4v) is 9.04. The average molecular weight is 766 g/mol. The first-order valence-corrected chi connectivity index (χ1v) is 20.3. The Morgan fingerprint density at radius 3 is 1.38 bits per heavy atom. The smallest absolute Gasteiger partial charge is 0.164 e. The molecule has 60 heavy (non-hydrogen) atoms. The van der Waals surface area contributed by atoms with E-state index in [4.69, 9.17) is 15.0 Å². The maximum absolute atomic E-state index is 5.02. The number of hydrogen-bond donors (Lipinski definition) is 0. The van der Waals surface area contributed by atoms with Crippen LogP contribution in [0.5, 0.6) is 0 Å². The number of rotatable bonds is 6. The van der Waals surface area contributed by atoms with E-state index >= 15 is 0 Å². The standard InChI is InChI=1S/C55H35N5/c1-5-16-36(17-6-1)44-26-15-27-47-51(44)45-34-46-49(59(41-23-11-4-12-24-41)48-33-30-37-18-13-14-25-43(37)52(46)48)35-50(45)60(47)42-31-28-40(29-32-42)55-57-53(38-19-7-2-8-20-38)56-54(58-55)39-21-9-3-10-22-39/h1-35H. The van der Waals surface area contributed by atoms with Gasteiger partial charge in [0.05, 0.1) is 22.1 Å². The summed E-state index contributed by atoms with van der Waals surface area (Å²) in [7, 11) is 0. The molecule has 12 aromatic rings. The van der Waals surface area contributed by atoms with Crippen molar-refractivity contribution in [2.75, 3.05) is 0 Å². The minimum Gasteiger partial charge on any atom is -0.309 e. The highest BCUT2D eigenvalue weighted by Crippen LogP contribution is 2.44. The fraction of sp³-hybridized carbons (Fsp3) is 0. The Balaban J connectivity index is 1.12. The lowest BCUT2D eigenvalue weighted by Crippen LogP contribution is -2.00. The molecule has 0 bridgehead atoms. The van der Waals surface area contributed by atoms with E-state index in [0.717, 1.165) is 44.6 Å². The Hall–Kier alpha value is -8.15. The molecule has 0 unspecified atom stereocenters.